The first-order valence-corrected chi connectivity index (χ1v) is 7.42. The van der Waals surface area contributed by atoms with Gasteiger partial charge in [-0.25, -0.2) is 0 Å². The van der Waals surface area contributed by atoms with E-state index in [1.165, 1.54) is 16.7 Å². The maximum Gasteiger partial charge on any atom is 0.122 e. The first kappa shape index (κ1) is 14.0. The first-order chi connectivity index (χ1) is 10.4. The van der Waals surface area contributed by atoms with E-state index in [1.807, 2.05) is 12.1 Å². The van der Waals surface area contributed by atoms with Crippen molar-refractivity contribution < 1.29 is 9.47 Å². The van der Waals surface area contributed by atoms with E-state index >= 15 is 0 Å². The lowest BCUT2D eigenvalue weighted by Crippen LogP contribution is -2.07. The second-order valence-electron chi connectivity index (χ2n) is 5.31. The molecule has 0 bridgehead atoms. The molecule has 0 fully saturated rings. The summed E-state index contributed by atoms with van der Waals surface area (Å²) < 4.78 is 10.8. The summed E-state index contributed by atoms with van der Waals surface area (Å²) >= 11 is 0. The minimum Gasteiger partial charge on any atom is -0.493 e. The molecule has 1 N–H and O–H groups in total. The molecule has 0 unspecified atom stereocenters. The Morgan fingerprint density at radius 2 is 2.10 bits per heavy atom. The third kappa shape index (κ3) is 3.37. The lowest BCUT2D eigenvalue weighted by Gasteiger charge is -2.11. The average Bonchev–Trinajstić information content (AvgIpc) is 2.97. The highest BCUT2D eigenvalue weighted by Crippen LogP contribution is 2.26. The van der Waals surface area contributed by atoms with Gasteiger partial charge in [0, 0.05) is 31.3 Å². The summed E-state index contributed by atoms with van der Waals surface area (Å²) in [6.07, 6.45) is 2.04. The monoisotopic (exact) mass is 283 g/mol. The molecule has 1 aliphatic rings. The number of methoxy groups -OCH3 is 1. The largest absolute Gasteiger partial charge is 0.493 e. The van der Waals surface area contributed by atoms with Crippen LogP contribution in [0.4, 0.5) is 5.69 Å². The van der Waals surface area contributed by atoms with Crippen LogP contribution in [0.15, 0.2) is 42.5 Å². The molecule has 2 aromatic carbocycles. The van der Waals surface area contributed by atoms with Gasteiger partial charge < -0.3 is 14.8 Å². The number of hydrogen-bond donors (Lipinski definition) is 1. The minimum absolute atomic E-state index is 0.638. The summed E-state index contributed by atoms with van der Waals surface area (Å²) in [5.41, 5.74) is 5.05. The lowest BCUT2D eigenvalue weighted by molar-refractivity contribution is 0.185. The molecule has 21 heavy (non-hydrogen) atoms. The van der Waals surface area contributed by atoms with Gasteiger partial charge in [-0.2, -0.15) is 0 Å². The third-order valence-corrected chi connectivity index (χ3v) is 3.80. The normalized spacial score (nSPS) is 12.8. The van der Waals surface area contributed by atoms with Gasteiger partial charge in [-0.3, -0.25) is 0 Å². The summed E-state index contributed by atoms with van der Waals surface area (Å²) in [4.78, 5) is 0. The van der Waals surface area contributed by atoms with Crippen LogP contribution in [0, 0.1) is 0 Å². The van der Waals surface area contributed by atoms with Crippen molar-refractivity contribution in [1.29, 1.82) is 0 Å². The summed E-state index contributed by atoms with van der Waals surface area (Å²) in [7, 11) is 1.73. The van der Waals surface area contributed by atoms with Crippen molar-refractivity contribution >= 4 is 5.69 Å². The zero-order valence-corrected chi connectivity index (χ0v) is 12.4. The molecular formula is C18H21NO2. The fourth-order valence-corrected chi connectivity index (χ4v) is 2.71. The van der Waals surface area contributed by atoms with Crippen molar-refractivity contribution in [1.82, 2.24) is 0 Å². The van der Waals surface area contributed by atoms with Crippen molar-refractivity contribution in [2.24, 2.45) is 0 Å². The Kier molecular flexibility index (Phi) is 4.41. The summed E-state index contributed by atoms with van der Waals surface area (Å²) in [6, 6.07) is 14.8. The number of hydrogen-bond acceptors (Lipinski definition) is 3. The van der Waals surface area contributed by atoms with Gasteiger partial charge in [0.2, 0.25) is 0 Å². The van der Waals surface area contributed by atoms with Gasteiger partial charge in [0.15, 0.2) is 0 Å². The van der Waals surface area contributed by atoms with E-state index in [2.05, 4.69) is 35.6 Å². The molecule has 3 nitrogen and oxygen atoms in total. The zero-order valence-electron chi connectivity index (χ0n) is 12.4. The van der Waals surface area contributed by atoms with Crippen LogP contribution in [0.3, 0.4) is 0 Å². The second kappa shape index (κ2) is 6.64. The predicted octanol–water partition coefficient (Wildman–Crippen LogP) is 3.42. The molecule has 3 heteroatoms. The molecule has 0 amide bonds. The molecule has 3 rings (SSSR count). The fourth-order valence-electron chi connectivity index (χ4n) is 2.71. The van der Waals surface area contributed by atoms with Gasteiger partial charge in [0.25, 0.3) is 0 Å². The molecule has 2 aromatic rings. The molecule has 1 heterocycles. The Labute approximate surface area is 125 Å². The lowest BCUT2D eigenvalue weighted by atomic mass is 10.1. The molecule has 0 spiro atoms. The van der Waals surface area contributed by atoms with Crippen molar-refractivity contribution in [3.63, 3.8) is 0 Å². The van der Waals surface area contributed by atoms with Crippen molar-refractivity contribution in [2.75, 3.05) is 25.6 Å². The Hall–Kier alpha value is -2.00. The SMILES string of the molecule is COCc1ccccc1NCCc1ccc2c(c1)CCO2. The van der Waals surface area contributed by atoms with E-state index in [0.29, 0.717) is 6.61 Å². The van der Waals surface area contributed by atoms with E-state index in [-0.39, 0.29) is 0 Å². The van der Waals surface area contributed by atoms with Crippen LogP contribution in [0.25, 0.3) is 0 Å². The van der Waals surface area contributed by atoms with Crippen LogP contribution >= 0.6 is 0 Å². The van der Waals surface area contributed by atoms with E-state index in [4.69, 9.17) is 9.47 Å². The quantitative estimate of drug-likeness (QED) is 0.881. The molecule has 0 atom stereocenters. The predicted molar refractivity (Wildman–Crippen MR) is 85.0 cm³/mol. The number of anilines is 1. The Balaban J connectivity index is 1.59. The fraction of sp³-hybridized carbons (Fsp3) is 0.333. The summed E-state index contributed by atoms with van der Waals surface area (Å²) in [6.45, 7) is 2.38. The van der Waals surface area contributed by atoms with Crippen LogP contribution in [0.5, 0.6) is 5.75 Å². The summed E-state index contributed by atoms with van der Waals surface area (Å²) in [5, 5.41) is 3.50. The van der Waals surface area contributed by atoms with Crippen LogP contribution in [-0.2, 0) is 24.2 Å². The number of fused-ring (bicyclic) bond motifs is 1. The average molecular weight is 283 g/mol. The Bertz CT molecular complexity index is 610. The topological polar surface area (TPSA) is 30.5 Å². The highest BCUT2D eigenvalue weighted by Gasteiger charge is 2.11. The number of rotatable bonds is 6. The van der Waals surface area contributed by atoms with Gasteiger partial charge in [-0.15, -0.1) is 0 Å². The van der Waals surface area contributed by atoms with Crippen molar-refractivity contribution in [3.05, 3.63) is 59.2 Å². The van der Waals surface area contributed by atoms with Crippen LogP contribution in [0.2, 0.25) is 0 Å². The van der Waals surface area contributed by atoms with Crippen LogP contribution in [-0.4, -0.2) is 20.3 Å². The minimum atomic E-state index is 0.638. The van der Waals surface area contributed by atoms with Gasteiger partial charge in [0.1, 0.15) is 5.75 Å². The number of nitrogens with one attached hydrogen (secondary N) is 1. The Morgan fingerprint density at radius 1 is 1.19 bits per heavy atom. The van der Waals surface area contributed by atoms with Crippen molar-refractivity contribution in [3.8, 4) is 5.75 Å². The molecule has 110 valence electrons. The van der Waals surface area contributed by atoms with Crippen LogP contribution < -0.4 is 10.1 Å². The van der Waals surface area contributed by atoms with Gasteiger partial charge in [0.05, 0.1) is 13.2 Å². The maximum absolute atomic E-state index is 5.54. The van der Waals surface area contributed by atoms with Crippen LogP contribution in [0.1, 0.15) is 16.7 Å². The maximum atomic E-state index is 5.54. The smallest absolute Gasteiger partial charge is 0.122 e. The molecule has 1 aliphatic heterocycles. The van der Waals surface area contributed by atoms with Crippen molar-refractivity contribution in [2.45, 2.75) is 19.4 Å². The van der Waals surface area contributed by atoms with Gasteiger partial charge in [-0.05, 0) is 29.7 Å². The molecule has 0 saturated carbocycles. The van der Waals surface area contributed by atoms with Gasteiger partial charge >= 0.3 is 0 Å². The highest BCUT2D eigenvalue weighted by atomic mass is 16.5. The molecular weight excluding hydrogens is 262 g/mol. The van der Waals surface area contributed by atoms with E-state index < -0.39 is 0 Å². The number of para-hydroxylation sites is 1. The molecule has 0 saturated heterocycles. The van der Waals surface area contributed by atoms with Gasteiger partial charge in [-0.1, -0.05) is 30.3 Å². The highest BCUT2D eigenvalue weighted by molar-refractivity contribution is 5.51. The molecule has 0 aromatic heterocycles. The third-order valence-electron chi connectivity index (χ3n) is 3.80. The van der Waals surface area contributed by atoms with E-state index in [9.17, 15) is 0 Å². The number of benzene rings is 2. The van der Waals surface area contributed by atoms with E-state index in [1.54, 1.807) is 7.11 Å². The number of ether oxygens (including phenoxy) is 2. The van der Waals surface area contributed by atoms with E-state index in [0.717, 1.165) is 37.4 Å². The zero-order chi connectivity index (χ0) is 14.5. The summed E-state index contributed by atoms with van der Waals surface area (Å²) in [5.74, 6) is 1.05. The standard InChI is InChI=1S/C18H21NO2/c1-20-13-16-4-2-3-5-17(16)19-10-8-14-6-7-18-15(12-14)9-11-21-18/h2-7,12,19H,8-11,13H2,1H3. The second-order valence-corrected chi connectivity index (χ2v) is 5.31. The molecule has 0 aliphatic carbocycles. The molecule has 0 radical (unpaired) electrons. The first-order valence-electron chi connectivity index (χ1n) is 7.42. The Morgan fingerprint density at radius 3 is 3.00 bits per heavy atom.